The molecule has 2 N–H and O–H groups in total. The van der Waals surface area contributed by atoms with Crippen LogP contribution in [-0.2, 0) is 17.4 Å². The van der Waals surface area contributed by atoms with Crippen LogP contribution in [0.4, 0.5) is 13.2 Å². The molecule has 0 spiro atoms. The Labute approximate surface area is 104 Å². The Balaban J connectivity index is 2.76. The summed E-state index contributed by atoms with van der Waals surface area (Å²) in [5, 5.41) is 8.99. The summed E-state index contributed by atoms with van der Waals surface area (Å²) in [6.45, 7) is 0. The van der Waals surface area contributed by atoms with Crippen LogP contribution in [0.3, 0.4) is 0 Å². The second kappa shape index (κ2) is 4.20. The van der Waals surface area contributed by atoms with Gasteiger partial charge in [0.25, 0.3) is 0 Å². The predicted octanol–water partition coefficient (Wildman–Crippen LogP) is 3.47. The minimum atomic E-state index is -4.65. The van der Waals surface area contributed by atoms with Gasteiger partial charge in [-0.15, -0.1) is 0 Å². The SMILES string of the molecule is O=C(O)Cc1c(C(F)(F)F)[nH]c2c(Cl)cccc12. The molecule has 1 aromatic carbocycles. The highest BCUT2D eigenvalue weighted by atomic mass is 35.5. The zero-order valence-electron chi connectivity index (χ0n) is 8.81. The van der Waals surface area contributed by atoms with Gasteiger partial charge in [-0.25, -0.2) is 0 Å². The topological polar surface area (TPSA) is 53.1 Å². The Kier molecular flexibility index (Phi) is 2.98. The Morgan fingerprint density at radius 1 is 1.39 bits per heavy atom. The third-order valence-electron chi connectivity index (χ3n) is 2.50. The number of aromatic nitrogens is 1. The zero-order chi connectivity index (χ0) is 13.5. The van der Waals surface area contributed by atoms with Crippen molar-refractivity contribution < 1.29 is 23.1 Å². The minimum absolute atomic E-state index is 0.0998. The maximum absolute atomic E-state index is 12.8. The van der Waals surface area contributed by atoms with Gasteiger partial charge in [0.15, 0.2) is 0 Å². The van der Waals surface area contributed by atoms with Gasteiger partial charge in [-0.3, -0.25) is 4.79 Å². The molecular formula is C11H7ClF3NO2. The largest absolute Gasteiger partial charge is 0.481 e. The van der Waals surface area contributed by atoms with Gasteiger partial charge in [-0.2, -0.15) is 13.2 Å². The number of para-hydroxylation sites is 1. The van der Waals surface area contributed by atoms with Crippen LogP contribution in [0, 0.1) is 0 Å². The molecule has 0 unspecified atom stereocenters. The fourth-order valence-electron chi connectivity index (χ4n) is 1.81. The normalized spacial score (nSPS) is 12.0. The van der Waals surface area contributed by atoms with E-state index in [9.17, 15) is 18.0 Å². The Bertz CT molecular complexity index is 619. The number of benzene rings is 1. The van der Waals surface area contributed by atoms with Gasteiger partial charge in [0, 0.05) is 10.9 Å². The molecule has 0 amide bonds. The van der Waals surface area contributed by atoms with Gasteiger partial charge in [0.2, 0.25) is 0 Å². The van der Waals surface area contributed by atoms with E-state index in [1.807, 2.05) is 0 Å². The van der Waals surface area contributed by atoms with Crippen molar-refractivity contribution in [1.29, 1.82) is 0 Å². The minimum Gasteiger partial charge on any atom is -0.481 e. The number of carbonyl (C=O) groups is 1. The summed E-state index contributed by atoms with van der Waals surface area (Å²) in [7, 11) is 0. The number of hydrogen-bond acceptors (Lipinski definition) is 1. The van der Waals surface area contributed by atoms with Gasteiger partial charge in [0.05, 0.1) is 17.0 Å². The van der Waals surface area contributed by atoms with Crippen molar-refractivity contribution in [3.63, 3.8) is 0 Å². The lowest BCUT2D eigenvalue weighted by atomic mass is 10.1. The fraction of sp³-hybridized carbons (Fsp3) is 0.182. The molecule has 2 aromatic rings. The van der Waals surface area contributed by atoms with E-state index in [-0.39, 0.29) is 21.5 Å². The number of hydrogen-bond donors (Lipinski definition) is 2. The highest BCUT2D eigenvalue weighted by molar-refractivity contribution is 6.35. The lowest BCUT2D eigenvalue weighted by Gasteiger charge is -2.06. The number of carboxylic acids is 1. The second-order valence-electron chi connectivity index (χ2n) is 3.71. The molecule has 0 aliphatic carbocycles. The zero-order valence-corrected chi connectivity index (χ0v) is 9.56. The summed E-state index contributed by atoms with van der Waals surface area (Å²) >= 11 is 5.78. The van der Waals surface area contributed by atoms with Gasteiger partial charge in [-0.05, 0) is 6.07 Å². The second-order valence-corrected chi connectivity index (χ2v) is 4.12. The number of nitrogens with one attached hydrogen (secondary N) is 1. The number of halogens is 4. The van der Waals surface area contributed by atoms with E-state index in [0.717, 1.165) is 0 Å². The van der Waals surface area contributed by atoms with Crippen molar-refractivity contribution in [2.75, 3.05) is 0 Å². The van der Waals surface area contributed by atoms with Gasteiger partial charge in [-0.1, -0.05) is 23.7 Å². The molecule has 1 heterocycles. The summed E-state index contributed by atoms with van der Waals surface area (Å²) in [6.07, 6.45) is -5.36. The molecule has 18 heavy (non-hydrogen) atoms. The van der Waals surface area contributed by atoms with Crippen LogP contribution in [-0.4, -0.2) is 16.1 Å². The smallest absolute Gasteiger partial charge is 0.431 e. The average molecular weight is 278 g/mol. The Morgan fingerprint density at radius 2 is 2.06 bits per heavy atom. The third-order valence-corrected chi connectivity index (χ3v) is 2.82. The van der Waals surface area contributed by atoms with Crippen molar-refractivity contribution in [3.05, 3.63) is 34.5 Å². The lowest BCUT2D eigenvalue weighted by molar-refractivity contribution is -0.142. The number of fused-ring (bicyclic) bond motifs is 1. The quantitative estimate of drug-likeness (QED) is 0.883. The molecule has 0 saturated heterocycles. The maximum Gasteiger partial charge on any atom is 0.431 e. The van der Waals surface area contributed by atoms with Gasteiger partial charge >= 0.3 is 12.1 Å². The molecule has 0 bridgehead atoms. The number of alkyl halides is 3. The summed E-state index contributed by atoms with van der Waals surface area (Å²) in [4.78, 5) is 12.8. The summed E-state index contributed by atoms with van der Waals surface area (Å²) in [5.41, 5.74) is -1.26. The van der Waals surface area contributed by atoms with E-state index >= 15 is 0 Å². The molecule has 0 aliphatic rings. The molecule has 0 radical (unpaired) electrons. The number of aliphatic carboxylic acids is 1. The van der Waals surface area contributed by atoms with E-state index < -0.39 is 24.3 Å². The van der Waals surface area contributed by atoms with E-state index in [1.165, 1.54) is 18.2 Å². The van der Waals surface area contributed by atoms with Crippen LogP contribution in [0.2, 0.25) is 5.02 Å². The summed E-state index contributed by atoms with van der Waals surface area (Å²) in [6, 6.07) is 4.32. The highest BCUT2D eigenvalue weighted by Crippen LogP contribution is 2.37. The monoisotopic (exact) mass is 277 g/mol. The molecule has 7 heteroatoms. The molecule has 0 atom stereocenters. The fourth-order valence-corrected chi connectivity index (χ4v) is 2.04. The van der Waals surface area contributed by atoms with Crippen LogP contribution in [0.1, 0.15) is 11.3 Å². The van der Waals surface area contributed by atoms with Gasteiger partial charge < -0.3 is 10.1 Å². The van der Waals surface area contributed by atoms with Crippen molar-refractivity contribution in [3.8, 4) is 0 Å². The first-order valence-electron chi connectivity index (χ1n) is 4.88. The van der Waals surface area contributed by atoms with E-state index in [4.69, 9.17) is 16.7 Å². The first-order valence-corrected chi connectivity index (χ1v) is 5.26. The molecule has 3 nitrogen and oxygen atoms in total. The van der Waals surface area contributed by atoms with E-state index in [1.54, 1.807) is 0 Å². The van der Waals surface area contributed by atoms with Crippen molar-refractivity contribution >= 4 is 28.5 Å². The molecule has 2 rings (SSSR count). The molecule has 0 fully saturated rings. The molecule has 1 aromatic heterocycles. The van der Waals surface area contributed by atoms with Crippen LogP contribution in [0.15, 0.2) is 18.2 Å². The van der Waals surface area contributed by atoms with Crippen molar-refractivity contribution in [2.45, 2.75) is 12.6 Å². The van der Waals surface area contributed by atoms with Crippen LogP contribution in [0.25, 0.3) is 10.9 Å². The Hall–Kier alpha value is -1.69. The third kappa shape index (κ3) is 2.15. The Morgan fingerprint density at radius 3 is 2.61 bits per heavy atom. The first kappa shape index (κ1) is 12.8. The van der Waals surface area contributed by atoms with Crippen LogP contribution < -0.4 is 0 Å². The van der Waals surface area contributed by atoms with Crippen molar-refractivity contribution in [2.24, 2.45) is 0 Å². The molecule has 96 valence electrons. The highest BCUT2D eigenvalue weighted by Gasteiger charge is 2.37. The summed E-state index contributed by atoms with van der Waals surface area (Å²) < 4.78 is 38.4. The van der Waals surface area contributed by atoms with Crippen LogP contribution >= 0.6 is 11.6 Å². The molecular weight excluding hydrogens is 271 g/mol. The summed E-state index contributed by atoms with van der Waals surface area (Å²) in [5.74, 6) is -1.33. The number of carboxylic acid groups (broad SMARTS) is 1. The lowest BCUT2D eigenvalue weighted by Crippen LogP contribution is -2.11. The van der Waals surface area contributed by atoms with Gasteiger partial charge in [0.1, 0.15) is 5.69 Å². The first-order chi connectivity index (χ1) is 8.30. The standard InChI is InChI=1S/C11H7ClF3NO2/c12-7-3-1-2-5-6(4-8(17)18)10(11(13,14)15)16-9(5)7/h1-3,16H,4H2,(H,17,18). The number of rotatable bonds is 2. The van der Waals surface area contributed by atoms with Crippen LogP contribution in [0.5, 0.6) is 0 Å². The molecule has 0 aliphatic heterocycles. The van der Waals surface area contributed by atoms with E-state index in [0.29, 0.717) is 0 Å². The number of aromatic amines is 1. The average Bonchev–Trinajstić information content (AvgIpc) is 2.57. The van der Waals surface area contributed by atoms with Crippen molar-refractivity contribution in [1.82, 2.24) is 4.98 Å². The number of H-pyrrole nitrogens is 1. The maximum atomic E-state index is 12.8. The van der Waals surface area contributed by atoms with E-state index in [2.05, 4.69) is 4.98 Å². The predicted molar refractivity (Wildman–Crippen MR) is 59.7 cm³/mol. The molecule has 0 saturated carbocycles.